The van der Waals surface area contributed by atoms with Crippen molar-refractivity contribution in [3.63, 3.8) is 0 Å². The molecule has 0 amide bonds. The lowest BCUT2D eigenvalue weighted by Gasteiger charge is -2.32. The lowest BCUT2D eigenvalue weighted by atomic mass is 9.79. The summed E-state index contributed by atoms with van der Waals surface area (Å²) in [5.74, 6) is 4.07. The molecule has 2 aromatic rings. The summed E-state index contributed by atoms with van der Waals surface area (Å²) in [6, 6.07) is 11.6. The van der Waals surface area contributed by atoms with Gasteiger partial charge in [0.15, 0.2) is 6.29 Å². The molecule has 1 heterocycles. The number of methoxy groups -OCH3 is 1. The highest BCUT2D eigenvalue weighted by atomic mass is 35.5. The molecule has 2 aromatic carbocycles. The number of aldehydes is 1. The molecule has 5 aliphatic rings. The maximum absolute atomic E-state index is 11.8. The fourth-order valence-electron chi connectivity index (χ4n) is 6.92. The predicted octanol–water partition coefficient (Wildman–Crippen LogP) is 6.06. The predicted molar refractivity (Wildman–Crippen MR) is 145 cm³/mol. The van der Waals surface area contributed by atoms with Crippen molar-refractivity contribution in [1.82, 2.24) is 0 Å². The van der Waals surface area contributed by atoms with Crippen LogP contribution in [-0.4, -0.2) is 31.7 Å². The minimum absolute atomic E-state index is 0.280. The molecule has 0 spiro atoms. The van der Waals surface area contributed by atoms with Gasteiger partial charge in [-0.25, -0.2) is 0 Å². The SMILES string of the molecule is COC(=C1C2CC3CC2CC13)c1ccc(C=O)c(OCc2ccc(B3OC(C)(C)C(C)(C)O3)cc2)c1Cl. The Morgan fingerprint density at radius 2 is 1.62 bits per heavy atom. The van der Waals surface area contributed by atoms with Gasteiger partial charge >= 0.3 is 7.12 Å². The summed E-state index contributed by atoms with van der Waals surface area (Å²) in [7, 11) is 1.31. The summed E-state index contributed by atoms with van der Waals surface area (Å²) in [5, 5.41) is 0.433. The molecule has 1 saturated heterocycles. The monoisotopic (exact) mass is 520 g/mol. The smallest absolute Gasteiger partial charge is 0.494 e. The Bertz CT molecular complexity index is 1230. The van der Waals surface area contributed by atoms with E-state index in [0.29, 0.717) is 28.2 Å². The number of carbonyl (C=O) groups excluding carboxylic acids is 1. The summed E-state index contributed by atoms with van der Waals surface area (Å²) < 4.78 is 24.4. The first-order chi connectivity index (χ1) is 17.6. The van der Waals surface area contributed by atoms with Crippen molar-refractivity contribution < 1.29 is 23.6 Å². The van der Waals surface area contributed by atoms with Crippen LogP contribution in [0, 0.1) is 23.7 Å². The van der Waals surface area contributed by atoms with Crippen molar-refractivity contribution >= 4 is 36.2 Å². The van der Waals surface area contributed by atoms with Crippen molar-refractivity contribution in [2.24, 2.45) is 23.7 Å². The van der Waals surface area contributed by atoms with Crippen LogP contribution >= 0.6 is 11.6 Å². The molecule has 0 N–H and O–H groups in total. The van der Waals surface area contributed by atoms with E-state index >= 15 is 0 Å². The number of halogens is 1. The molecule has 0 radical (unpaired) electrons. The van der Waals surface area contributed by atoms with Gasteiger partial charge in [0.05, 0.1) is 28.9 Å². The molecule has 1 aliphatic heterocycles. The maximum Gasteiger partial charge on any atom is 0.494 e. The van der Waals surface area contributed by atoms with Gasteiger partial charge in [0, 0.05) is 5.56 Å². The highest BCUT2D eigenvalue weighted by Crippen LogP contribution is 2.67. The Morgan fingerprint density at radius 3 is 2.16 bits per heavy atom. The van der Waals surface area contributed by atoms with E-state index in [1.54, 1.807) is 13.2 Å². The number of ether oxygens (including phenoxy) is 2. The van der Waals surface area contributed by atoms with E-state index in [9.17, 15) is 4.79 Å². The molecule has 4 aliphatic carbocycles. The summed E-state index contributed by atoms with van der Waals surface area (Å²) in [4.78, 5) is 11.8. The molecule has 5 nitrogen and oxygen atoms in total. The van der Waals surface area contributed by atoms with Crippen molar-refractivity contribution in [1.29, 1.82) is 0 Å². The van der Waals surface area contributed by atoms with Crippen molar-refractivity contribution in [3.05, 3.63) is 63.7 Å². The van der Waals surface area contributed by atoms with E-state index in [4.69, 9.17) is 30.4 Å². The Kier molecular flexibility index (Phi) is 6.02. The third-order valence-corrected chi connectivity index (χ3v) is 9.88. The van der Waals surface area contributed by atoms with E-state index < -0.39 is 7.12 Å². The first-order valence-corrected chi connectivity index (χ1v) is 13.6. The highest BCUT2D eigenvalue weighted by Gasteiger charge is 2.58. The average Bonchev–Trinajstić information content (AvgIpc) is 3.65. The molecule has 4 bridgehead atoms. The third kappa shape index (κ3) is 3.95. The zero-order valence-corrected chi connectivity index (χ0v) is 22.9. The van der Waals surface area contributed by atoms with Gasteiger partial charge in [-0.15, -0.1) is 0 Å². The normalized spacial score (nSPS) is 28.3. The highest BCUT2D eigenvalue weighted by molar-refractivity contribution is 6.62. The molecule has 7 heteroatoms. The minimum Gasteiger partial charge on any atom is -0.496 e. The third-order valence-electron chi connectivity index (χ3n) is 9.51. The number of allylic oxidation sites excluding steroid dienone is 1. The molecule has 4 unspecified atom stereocenters. The molecular weight excluding hydrogens is 487 g/mol. The van der Waals surface area contributed by atoms with Gasteiger partial charge in [-0.1, -0.05) is 35.9 Å². The minimum atomic E-state index is -0.412. The standard InChI is InChI=1S/C30H34BClO5/c1-29(2)30(3,4)37-31(36-29)21-9-6-17(7-10-21)16-35-27-18(15-33)8-11-22(26(27)32)28(34-5)25-23-13-19-12-20(23)14-24(19)25/h6-11,15,19-20,23-24H,12-14,16H2,1-5H3. The number of rotatable bonds is 7. The number of benzene rings is 2. The lowest BCUT2D eigenvalue weighted by Crippen LogP contribution is -2.41. The summed E-state index contributed by atoms with van der Waals surface area (Å²) >= 11 is 6.91. The van der Waals surface area contributed by atoms with Crippen LogP contribution in [0.5, 0.6) is 5.75 Å². The largest absolute Gasteiger partial charge is 0.496 e. The second-order valence-electron chi connectivity index (χ2n) is 12.0. The molecule has 5 fully saturated rings. The van der Waals surface area contributed by atoms with E-state index in [-0.39, 0.29) is 17.8 Å². The topological polar surface area (TPSA) is 54.0 Å². The Hall–Kier alpha value is -2.28. The van der Waals surface area contributed by atoms with E-state index in [1.165, 1.54) is 24.8 Å². The molecular formula is C30H34BClO5. The molecule has 37 heavy (non-hydrogen) atoms. The summed E-state index contributed by atoms with van der Waals surface area (Å²) in [6.07, 6.45) is 4.69. The van der Waals surface area contributed by atoms with Gasteiger partial charge in [-0.05, 0) is 99.4 Å². The first kappa shape index (κ1) is 25.0. The van der Waals surface area contributed by atoms with Crippen LogP contribution in [0.2, 0.25) is 5.02 Å². The summed E-state index contributed by atoms with van der Waals surface area (Å²) in [5.41, 5.74) is 3.81. The van der Waals surface area contributed by atoms with Crippen LogP contribution in [0.1, 0.15) is 68.4 Å². The molecule has 4 saturated carbocycles. The molecule has 194 valence electrons. The average molecular weight is 521 g/mol. The Morgan fingerprint density at radius 1 is 1.00 bits per heavy atom. The maximum atomic E-state index is 11.8. The van der Waals surface area contributed by atoms with Crippen LogP contribution in [-0.2, 0) is 20.7 Å². The fraction of sp³-hybridized carbons (Fsp3) is 0.500. The molecule has 4 atom stereocenters. The van der Waals surface area contributed by atoms with Gasteiger partial charge in [0.1, 0.15) is 18.1 Å². The van der Waals surface area contributed by atoms with Gasteiger partial charge < -0.3 is 18.8 Å². The fourth-order valence-corrected chi connectivity index (χ4v) is 7.24. The van der Waals surface area contributed by atoms with E-state index in [2.05, 4.69) is 0 Å². The van der Waals surface area contributed by atoms with Gasteiger partial charge in [-0.3, -0.25) is 4.79 Å². The summed E-state index contributed by atoms with van der Waals surface area (Å²) in [6.45, 7) is 8.46. The second kappa shape index (κ2) is 8.89. The van der Waals surface area contributed by atoms with Gasteiger partial charge in [-0.2, -0.15) is 0 Å². The van der Waals surface area contributed by atoms with Gasteiger partial charge in [0.2, 0.25) is 0 Å². The van der Waals surface area contributed by atoms with Crippen molar-refractivity contribution in [2.75, 3.05) is 7.11 Å². The number of hydrogen-bond acceptors (Lipinski definition) is 5. The van der Waals surface area contributed by atoms with Crippen LogP contribution in [0.15, 0.2) is 42.0 Å². The molecule has 7 rings (SSSR count). The lowest BCUT2D eigenvalue weighted by molar-refractivity contribution is 0.00578. The quantitative estimate of drug-likeness (QED) is 0.252. The van der Waals surface area contributed by atoms with E-state index in [1.807, 2.05) is 58.0 Å². The van der Waals surface area contributed by atoms with Crippen LogP contribution < -0.4 is 10.2 Å². The number of carbonyl (C=O) groups is 1. The molecule has 0 aromatic heterocycles. The van der Waals surface area contributed by atoms with Gasteiger partial charge in [0.25, 0.3) is 0 Å². The van der Waals surface area contributed by atoms with Crippen molar-refractivity contribution in [3.8, 4) is 5.75 Å². The van der Waals surface area contributed by atoms with Crippen LogP contribution in [0.4, 0.5) is 0 Å². The Labute approximate surface area is 224 Å². The zero-order valence-electron chi connectivity index (χ0n) is 22.2. The Balaban J connectivity index is 1.23. The zero-order chi connectivity index (χ0) is 26.1. The van der Waals surface area contributed by atoms with Crippen LogP contribution in [0.3, 0.4) is 0 Å². The van der Waals surface area contributed by atoms with Crippen molar-refractivity contribution in [2.45, 2.75) is 64.8 Å². The van der Waals surface area contributed by atoms with Crippen LogP contribution in [0.25, 0.3) is 5.76 Å². The first-order valence-electron chi connectivity index (χ1n) is 13.3. The van der Waals surface area contributed by atoms with E-state index in [0.717, 1.165) is 40.5 Å². The number of hydrogen-bond donors (Lipinski definition) is 0. The second-order valence-corrected chi connectivity index (χ2v) is 12.4.